The van der Waals surface area contributed by atoms with E-state index in [9.17, 15) is 18.0 Å². The third kappa shape index (κ3) is 4.07. The number of imidazole rings is 1. The van der Waals surface area contributed by atoms with E-state index in [0.29, 0.717) is 31.6 Å². The molecule has 1 aromatic carbocycles. The van der Waals surface area contributed by atoms with Crippen LogP contribution in [0.4, 0.5) is 13.2 Å². The van der Waals surface area contributed by atoms with E-state index in [4.69, 9.17) is 4.74 Å². The number of hydrogen-bond acceptors (Lipinski definition) is 3. The van der Waals surface area contributed by atoms with Gasteiger partial charge in [0.15, 0.2) is 0 Å². The molecule has 0 unspecified atom stereocenters. The first-order valence-corrected chi connectivity index (χ1v) is 9.89. The molecule has 1 fully saturated rings. The summed E-state index contributed by atoms with van der Waals surface area (Å²) >= 11 is 0. The highest BCUT2D eigenvalue weighted by Gasteiger charge is 2.38. The topological polar surface area (TPSA) is 61.1 Å². The number of carbonyl (C=O) groups excluding carboxylic acids is 1. The smallest absolute Gasteiger partial charge is 0.381 e. The van der Waals surface area contributed by atoms with Crippen molar-refractivity contribution in [1.82, 2.24) is 19.4 Å². The second kappa shape index (κ2) is 8.14. The molecule has 1 aliphatic rings. The molecule has 3 heterocycles. The number of rotatable bonds is 6. The quantitative estimate of drug-likeness (QED) is 0.663. The Kier molecular flexibility index (Phi) is 5.55. The van der Waals surface area contributed by atoms with Gasteiger partial charge in [-0.2, -0.15) is 13.2 Å². The number of nitrogens with zero attached hydrogens (tertiary/aromatic N) is 3. The van der Waals surface area contributed by atoms with Gasteiger partial charge in [-0.15, -0.1) is 0 Å². The van der Waals surface area contributed by atoms with Crippen LogP contribution in [0.15, 0.2) is 48.8 Å². The summed E-state index contributed by atoms with van der Waals surface area (Å²) in [6.45, 7) is 1.21. The fourth-order valence-electron chi connectivity index (χ4n) is 4.12. The van der Waals surface area contributed by atoms with Gasteiger partial charge in [-0.3, -0.25) is 4.79 Å². The van der Waals surface area contributed by atoms with E-state index in [-0.39, 0.29) is 36.5 Å². The molecule has 6 nitrogen and oxygen atoms in total. The van der Waals surface area contributed by atoms with Gasteiger partial charge >= 0.3 is 6.18 Å². The number of halogens is 3. The number of para-hydroxylation sites is 2. The van der Waals surface area contributed by atoms with Gasteiger partial charge < -0.3 is 19.2 Å². The summed E-state index contributed by atoms with van der Waals surface area (Å²) in [4.78, 5) is 16.4. The highest BCUT2D eigenvalue weighted by Crippen LogP contribution is 2.33. The van der Waals surface area contributed by atoms with Crippen LogP contribution >= 0.6 is 0 Å². The first-order chi connectivity index (χ1) is 14.4. The molecule has 0 aliphatic carbocycles. The van der Waals surface area contributed by atoms with Gasteiger partial charge in [0.25, 0.3) is 0 Å². The molecule has 4 rings (SSSR count). The van der Waals surface area contributed by atoms with Gasteiger partial charge in [-0.25, -0.2) is 4.98 Å². The Morgan fingerprint density at radius 2 is 1.83 bits per heavy atom. The molecule has 1 saturated heterocycles. The van der Waals surface area contributed by atoms with Crippen molar-refractivity contribution in [2.45, 2.75) is 37.5 Å². The molecule has 1 N–H and O–H groups in total. The number of benzene rings is 1. The van der Waals surface area contributed by atoms with E-state index in [2.05, 4.69) is 10.3 Å². The maximum Gasteiger partial charge on any atom is 0.449 e. The van der Waals surface area contributed by atoms with E-state index < -0.39 is 12.0 Å². The Balaban J connectivity index is 1.45. The number of hydrogen-bond donors (Lipinski definition) is 1. The predicted octanol–water partition coefficient (Wildman–Crippen LogP) is 3.57. The monoisotopic (exact) mass is 420 g/mol. The van der Waals surface area contributed by atoms with Gasteiger partial charge in [-0.05, 0) is 37.1 Å². The molecule has 0 atom stereocenters. The van der Waals surface area contributed by atoms with Gasteiger partial charge in [0.2, 0.25) is 11.7 Å². The molecule has 0 bridgehead atoms. The van der Waals surface area contributed by atoms with Crippen molar-refractivity contribution in [3.8, 4) is 0 Å². The summed E-state index contributed by atoms with van der Waals surface area (Å²) in [5.74, 6) is -1.14. The van der Waals surface area contributed by atoms with Crippen LogP contribution < -0.4 is 5.32 Å². The van der Waals surface area contributed by atoms with Crippen molar-refractivity contribution in [2.24, 2.45) is 0 Å². The van der Waals surface area contributed by atoms with E-state index >= 15 is 0 Å². The molecule has 160 valence electrons. The number of amides is 1. The molecule has 30 heavy (non-hydrogen) atoms. The minimum absolute atomic E-state index is 0.0132. The molecule has 3 aromatic rings. The van der Waals surface area contributed by atoms with Crippen molar-refractivity contribution in [1.29, 1.82) is 0 Å². The predicted molar refractivity (Wildman–Crippen MR) is 105 cm³/mol. The van der Waals surface area contributed by atoms with E-state index in [1.54, 1.807) is 24.3 Å². The van der Waals surface area contributed by atoms with E-state index in [1.165, 1.54) is 0 Å². The van der Waals surface area contributed by atoms with Crippen LogP contribution in [-0.2, 0) is 27.8 Å². The Morgan fingerprint density at radius 1 is 1.13 bits per heavy atom. The zero-order valence-corrected chi connectivity index (χ0v) is 16.4. The van der Waals surface area contributed by atoms with Crippen molar-refractivity contribution in [3.05, 3.63) is 54.6 Å². The molecule has 1 amide bonds. The van der Waals surface area contributed by atoms with E-state index in [0.717, 1.165) is 4.57 Å². The summed E-state index contributed by atoms with van der Waals surface area (Å²) < 4.78 is 48.8. The average molecular weight is 420 g/mol. The Labute approximate surface area is 171 Å². The Hall–Kier alpha value is -2.81. The van der Waals surface area contributed by atoms with Gasteiger partial charge in [-0.1, -0.05) is 12.1 Å². The number of carbonyl (C=O) groups is 1. The summed E-state index contributed by atoms with van der Waals surface area (Å²) in [6.07, 6.45) is 0.974. The van der Waals surface area contributed by atoms with Crippen molar-refractivity contribution < 1.29 is 22.7 Å². The maximum absolute atomic E-state index is 13.4. The fourth-order valence-corrected chi connectivity index (χ4v) is 4.12. The summed E-state index contributed by atoms with van der Waals surface area (Å²) in [7, 11) is 0. The van der Waals surface area contributed by atoms with Crippen LogP contribution in [0, 0.1) is 0 Å². The van der Waals surface area contributed by atoms with Crippen LogP contribution in [0.25, 0.3) is 11.0 Å². The Morgan fingerprint density at radius 3 is 2.53 bits per heavy atom. The zero-order valence-electron chi connectivity index (χ0n) is 16.4. The van der Waals surface area contributed by atoms with Crippen LogP contribution in [0.5, 0.6) is 0 Å². The number of nitrogens with one attached hydrogen (secondary N) is 1. The summed E-state index contributed by atoms with van der Waals surface area (Å²) in [6, 6.07) is 10.3. The Bertz CT molecular complexity index is 1010. The lowest BCUT2D eigenvalue weighted by atomic mass is 9.86. The lowest BCUT2D eigenvalue weighted by molar-refractivity contribution is -0.146. The number of fused-ring (bicyclic) bond motifs is 1. The third-order valence-corrected chi connectivity index (χ3v) is 5.63. The van der Waals surface area contributed by atoms with Crippen molar-refractivity contribution in [2.75, 3.05) is 19.8 Å². The first-order valence-electron chi connectivity index (χ1n) is 9.89. The van der Waals surface area contributed by atoms with Crippen molar-refractivity contribution in [3.63, 3.8) is 0 Å². The number of aromatic nitrogens is 3. The van der Waals surface area contributed by atoms with Gasteiger partial charge in [0.05, 0.1) is 23.0 Å². The number of alkyl halides is 3. The molecule has 0 radical (unpaired) electrons. The third-order valence-electron chi connectivity index (χ3n) is 5.63. The van der Waals surface area contributed by atoms with Crippen LogP contribution in [0.2, 0.25) is 0 Å². The molecule has 2 aromatic heterocycles. The fraction of sp³-hybridized carbons (Fsp3) is 0.429. The standard InChI is InChI=1S/C21H23F3N4O2/c22-21(23,24)19-26-16-5-1-2-6-17(16)28(19)12-9-25-18(29)15-20(7-13-30-14-8-20)27-10-3-4-11-27/h1-6,10-11H,7-9,12-15H2,(H,25,29). The molecule has 1 aliphatic heterocycles. The van der Waals surface area contributed by atoms with Crippen LogP contribution in [0.3, 0.4) is 0 Å². The normalized spacial score (nSPS) is 16.6. The molecule has 0 saturated carbocycles. The van der Waals surface area contributed by atoms with Gasteiger partial charge in [0.1, 0.15) is 0 Å². The lowest BCUT2D eigenvalue weighted by Gasteiger charge is -2.38. The zero-order chi connectivity index (χ0) is 21.2. The molecule has 9 heteroatoms. The van der Waals surface area contributed by atoms with Crippen LogP contribution in [-0.4, -0.2) is 39.8 Å². The maximum atomic E-state index is 13.4. The second-order valence-electron chi connectivity index (χ2n) is 7.53. The SMILES string of the molecule is O=C(CC1(n2cccc2)CCOCC1)NCCn1c(C(F)(F)F)nc2ccccc21. The molecule has 0 spiro atoms. The average Bonchev–Trinajstić information content (AvgIpc) is 3.37. The largest absolute Gasteiger partial charge is 0.449 e. The molecular formula is C21H23F3N4O2. The summed E-state index contributed by atoms with van der Waals surface area (Å²) in [5.41, 5.74) is 0.308. The minimum atomic E-state index is -4.57. The lowest BCUT2D eigenvalue weighted by Crippen LogP contribution is -2.43. The van der Waals surface area contributed by atoms with Gasteiger partial charge in [0, 0.05) is 38.7 Å². The molecular weight excluding hydrogens is 397 g/mol. The second-order valence-corrected chi connectivity index (χ2v) is 7.53. The number of ether oxygens (including phenoxy) is 1. The van der Waals surface area contributed by atoms with Crippen LogP contribution in [0.1, 0.15) is 25.1 Å². The van der Waals surface area contributed by atoms with E-state index in [1.807, 2.05) is 29.1 Å². The summed E-state index contributed by atoms with van der Waals surface area (Å²) in [5, 5.41) is 2.79. The highest BCUT2D eigenvalue weighted by molar-refractivity contribution is 5.77. The minimum Gasteiger partial charge on any atom is -0.381 e. The van der Waals surface area contributed by atoms with Crippen molar-refractivity contribution >= 4 is 16.9 Å². The first kappa shape index (κ1) is 20.5. The highest BCUT2D eigenvalue weighted by atomic mass is 19.4.